The van der Waals surface area contributed by atoms with Crippen LogP contribution < -0.4 is 33.7 Å². The van der Waals surface area contributed by atoms with Crippen LogP contribution in [-0.2, 0) is 14.2 Å². The van der Waals surface area contributed by atoms with Crippen LogP contribution in [0.5, 0.6) is 34.5 Å². The molecular weight excluding hydrogens is 738 g/mol. The van der Waals surface area contributed by atoms with Gasteiger partial charge >= 0.3 is 18.0 Å². The van der Waals surface area contributed by atoms with Gasteiger partial charge in [0.25, 0.3) is 0 Å². The number of rotatable bonds is 23. The van der Waals surface area contributed by atoms with Crippen molar-refractivity contribution in [2.75, 3.05) is 94.6 Å². The number of ether oxygens (including phenoxy) is 9. The summed E-state index contributed by atoms with van der Waals surface area (Å²) >= 11 is 0. The molecule has 0 spiro atoms. The van der Waals surface area contributed by atoms with Crippen LogP contribution >= 0.6 is 0 Å². The molecule has 1 unspecified atom stereocenters. The van der Waals surface area contributed by atoms with Crippen LogP contribution in [0.1, 0.15) is 93.4 Å². The van der Waals surface area contributed by atoms with Crippen molar-refractivity contribution in [1.29, 1.82) is 0 Å². The Kier molecular flexibility index (Phi) is 19.9. The summed E-state index contributed by atoms with van der Waals surface area (Å²) in [5, 5.41) is 2.84. The number of amides is 1. The van der Waals surface area contributed by atoms with Gasteiger partial charge in [0, 0.05) is 26.2 Å². The molecule has 15 heteroatoms. The number of hydrogen-bond donors (Lipinski definition) is 1. The fourth-order valence-electron chi connectivity index (χ4n) is 6.33. The summed E-state index contributed by atoms with van der Waals surface area (Å²) in [7, 11) is 7.50. The SMILES string of the molecule is CCCCOC(=O)c1cc(OC)c(OC)c(OCCCC(CCN2CCCN(CCCNC(=O)OC(C)(C)C)CC2)OC(=O)c2cc(OC)c(OC)c(OC)c2)c1. The van der Waals surface area contributed by atoms with E-state index in [1.807, 2.05) is 27.7 Å². The molecule has 0 aliphatic carbocycles. The molecule has 1 aliphatic rings. The van der Waals surface area contributed by atoms with Gasteiger partial charge in [0.15, 0.2) is 23.0 Å². The van der Waals surface area contributed by atoms with Crippen molar-refractivity contribution in [2.24, 2.45) is 0 Å². The van der Waals surface area contributed by atoms with Crippen LogP contribution in [0, 0.1) is 0 Å². The van der Waals surface area contributed by atoms with E-state index in [1.54, 1.807) is 24.3 Å². The van der Waals surface area contributed by atoms with Gasteiger partial charge in [-0.3, -0.25) is 0 Å². The Labute approximate surface area is 338 Å². The van der Waals surface area contributed by atoms with E-state index < -0.39 is 29.7 Å². The van der Waals surface area contributed by atoms with Crippen molar-refractivity contribution in [3.05, 3.63) is 35.4 Å². The minimum atomic E-state index is -0.526. The van der Waals surface area contributed by atoms with Crippen molar-refractivity contribution in [3.63, 3.8) is 0 Å². The molecule has 320 valence electrons. The summed E-state index contributed by atoms with van der Waals surface area (Å²) in [4.78, 5) is 43.3. The van der Waals surface area contributed by atoms with Gasteiger partial charge in [0.1, 0.15) is 11.7 Å². The van der Waals surface area contributed by atoms with E-state index in [2.05, 4.69) is 15.1 Å². The zero-order chi connectivity index (χ0) is 41.8. The minimum Gasteiger partial charge on any atom is -0.493 e. The highest BCUT2D eigenvalue weighted by molar-refractivity contribution is 5.92. The Bertz CT molecular complexity index is 1540. The normalized spacial score (nSPS) is 14.1. The second-order valence-electron chi connectivity index (χ2n) is 14.7. The monoisotopic (exact) mass is 803 g/mol. The van der Waals surface area contributed by atoms with E-state index in [9.17, 15) is 14.4 Å². The van der Waals surface area contributed by atoms with Crippen LogP contribution in [-0.4, -0.2) is 134 Å². The van der Waals surface area contributed by atoms with Crippen LogP contribution in [0.25, 0.3) is 0 Å². The second kappa shape index (κ2) is 24.2. The van der Waals surface area contributed by atoms with Gasteiger partial charge in [-0.15, -0.1) is 0 Å². The molecule has 57 heavy (non-hydrogen) atoms. The molecule has 15 nitrogen and oxygen atoms in total. The van der Waals surface area contributed by atoms with E-state index in [4.69, 9.17) is 42.6 Å². The molecule has 1 aliphatic heterocycles. The molecule has 1 fully saturated rings. The fourth-order valence-corrected chi connectivity index (χ4v) is 6.33. The zero-order valence-corrected chi connectivity index (χ0v) is 35.5. The van der Waals surface area contributed by atoms with Crippen LogP contribution in [0.4, 0.5) is 4.79 Å². The molecule has 1 heterocycles. The number of methoxy groups -OCH3 is 5. The minimum absolute atomic E-state index is 0.257. The first kappa shape index (κ1) is 46.8. The number of benzene rings is 2. The number of hydrogen-bond acceptors (Lipinski definition) is 14. The number of carbonyl (C=O) groups excluding carboxylic acids is 3. The Balaban J connectivity index is 1.67. The number of esters is 2. The lowest BCUT2D eigenvalue weighted by Crippen LogP contribution is -2.36. The van der Waals surface area contributed by atoms with Crippen molar-refractivity contribution in [2.45, 2.75) is 84.3 Å². The summed E-state index contributed by atoms with van der Waals surface area (Å²) in [6.45, 7) is 13.9. The second-order valence-corrected chi connectivity index (χ2v) is 14.7. The molecule has 0 saturated carbocycles. The number of nitrogens with zero attached hydrogens (tertiary/aromatic N) is 2. The Morgan fingerprint density at radius 2 is 1.25 bits per heavy atom. The van der Waals surface area contributed by atoms with E-state index in [1.165, 1.54) is 35.5 Å². The van der Waals surface area contributed by atoms with Crippen molar-refractivity contribution in [3.8, 4) is 34.5 Å². The van der Waals surface area contributed by atoms with Gasteiger partial charge in [-0.05, 0) is 103 Å². The van der Waals surface area contributed by atoms with Gasteiger partial charge in [-0.1, -0.05) is 13.3 Å². The molecule has 1 atom stereocenters. The lowest BCUT2D eigenvalue weighted by atomic mass is 10.1. The molecule has 1 N–H and O–H groups in total. The molecule has 0 bridgehead atoms. The van der Waals surface area contributed by atoms with Gasteiger partial charge in [0.05, 0.1) is 59.9 Å². The molecule has 1 amide bonds. The predicted octanol–water partition coefficient (Wildman–Crippen LogP) is 6.38. The molecule has 1 saturated heterocycles. The Morgan fingerprint density at radius 1 is 0.684 bits per heavy atom. The highest BCUT2D eigenvalue weighted by atomic mass is 16.6. The zero-order valence-electron chi connectivity index (χ0n) is 35.5. The Morgan fingerprint density at radius 3 is 1.81 bits per heavy atom. The average molecular weight is 804 g/mol. The summed E-state index contributed by atoms with van der Waals surface area (Å²) < 4.78 is 50.5. The first-order valence-electron chi connectivity index (χ1n) is 19.8. The molecule has 3 rings (SSSR count). The van der Waals surface area contributed by atoms with E-state index in [0.717, 1.165) is 65.0 Å². The largest absolute Gasteiger partial charge is 0.493 e. The average Bonchev–Trinajstić information content (AvgIpc) is 3.43. The molecule has 0 radical (unpaired) electrons. The van der Waals surface area contributed by atoms with E-state index in [-0.39, 0.29) is 12.2 Å². The predicted molar refractivity (Wildman–Crippen MR) is 216 cm³/mol. The number of alkyl carbamates (subject to hydrolysis) is 1. The van der Waals surface area contributed by atoms with Gasteiger partial charge < -0.3 is 57.7 Å². The lowest BCUT2D eigenvalue weighted by Gasteiger charge is -2.25. The van der Waals surface area contributed by atoms with Crippen LogP contribution in [0.15, 0.2) is 24.3 Å². The topological polar surface area (TPSA) is 153 Å². The summed E-state index contributed by atoms with van der Waals surface area (Å²) in [6, 6.07) is 6.33. The molecule has 2 aromatic rings. The molecular formula is C42H65N3O12. The smallest absolute Gasteiger partial charge is 0.407 e. The number of carbonyl (C=O) groups is 3. The third-order valence-corrected chi connectivity index (χ3v) is 9.28. The summed E-state index contributed by atoms with van der Waals surface area (Å²) in [5.74, 6) is 1.16. The molecule has 0 aromatic heterocycles. The number of unbranched alkanes of at least 4 members (excludes halogenated alkanes) is 1. The van der Waals surface area contributed by atoms with Crippen molar-refractivity contribution >= 4 is 18.0 Å². The maximum atomic E-state index is 13.6. The first-order chi connectivity index (χ1) is 27.4. The quantitative estimate of drug-likeness (QED) is 0.0751. The van der Waals surface area contributed by atoms with E-state index in [0.29, 0.717) is 72.5 Å². The van der Waals surface area contributed by atoms with Crippen molar-refractivity contribution in [1.82, 2.24) is 15.1 Å². The van der Waals surface area contributed by atoms with Crippen molar-refractivity contribution < 1.29 is 57.0 Å². The highest BCUT2D eigenvalue weighted by Gasteiger charge is 2.24. The number of nitrogens with one attached hydrogen (secondary N) is 1. The standard InChI is InChI=1S/C42H65N3O12/c1-10-11-24-55-39(46)30-26-35(51-7)38(53-9)36(29-30)54-25-12-15-32(56-40(47)31-27-33(49-5)37(52-8)34(28-31)50-6)16-21-45-20-14-19-44(22-23-45)18-13-17-43-41(48)57-42(2,3)4/h26-29,32H,10-25H2,1-9H3,(H,43,48). The van der Waals surface area contributed by atoms with Crippen LogP contribution in [0.3, 0.4) is 0 Å². The maximum absolute atomic E-state index is 13.6. The summed E-state index contributed by atoms with van der Waals surface area (Å²) in [5.41, 5.74) is 0.0443. The fraction of sp³-hybridized carbons (Fsp3) is 0.643. The van der Waals surface area contributed by atoms with Gasteiger partial charge in [-0.25, -0.2) is 14.4 Å². The molecule has 2 aromatic carbocycles. The lowest BCUT2D eigenvalue weighted by molar-refractivity contribution is 0.0220. The van der Waals surface area contributed by atoms with Crippen LogP contribution in [0.2, 0.25) is 0 Å². The first-order valence-corrected chi connectivity index (χ1v) is 19.8. The van der Waals surface area contributed by atoms with Gasteiger partial charge in [0.2, 0.25) is 11.5 Å². The maximum Gasteiger partial charge on any atom is 0.407 e. The highest BCUT2D eigenvalue weighted by Crippen LogP contribution is 2.40. The summed E-state index contributed by atoms with van der Waals surface area (Å²) in [6.07, 6.45) is 4.31. The van der Waals surface area contributed by atoms with Gasteiger partial charge in [-0.2, -0.15) is 0 Å². The van der Waals surface area contributed by atoms with E-state index >= 15 is 0 Å². The third kappa shape index (κ3) is 15.7. The Hall–Kier alpha value is -4.63. The third-order valence-electron chi connectivity index (χ3n) is 9.28.